The molecule has 0 aliphatic rings. The van der Waals surface area contributed by atoms with Crippen molar-refractivity contribution in [2.24, 2.45) is 0 Å². The minimum atomic E-state index is -3.92. The van der Waals surface area contributed by atoms with Gasteiger partial charge >= 0.3 is 0 Å². The van der Waals surface area contributed by atoms with E-state index in [0.29, 0.717) is 24.1 Å². The number of alkyl halides is 1. The number of benzene rings is 2. The van der Waals surface area contributed by atoms with Crippen LogP contribution in [0.15, 0.2) is 66.1 Å². The monoisotopic (exact) mass is 489 g/mol. The van der Waals surface area contributed by atoms with Crippen molar-refractivity contribution in [1.29, 1.82) is 0 Å². The number of aromatic nitrogens is 2. The Bertz CT molecular complexity index is 1110. The first-order valence-electron chi connectivity index (χ1n) is 9.62. The Morgan fingerprint density at radius 3 is 2.47 bits per heavy atom. The SMILES string of the molecule is CCc1ccc(CC(C)Br)cc1S(=O)(=O)N(Cc1cncnc1)c1cccc(O)c1. The molecule has 30 heavy (non-hydrogen) atoms. The molecule has 0 aliphatic heterocycles. The maximum absolute atomic E-state index is 13.9. The largest absolute Gasteiger partial charge is 0.508 e. The van der Waals surface area contributed by atoms with Crippen LogP contribution in [0.2, 0.25) is 0 Å². The lowest BCUT2D eigenvalue weighted by Crippen LogP contribution is -2.31. The number of sulfonamides is 1. The van der Waals surface area contributed by atoms with Gasteiger partial charge in [0.15, 0.2) is 0 Å². The second-order valence-corrected chi connectivity index (χ2v) is 10.5. The quantitative estimate of drug-likeness (QED) is 0.472. The molecular formula is C22H24BrN3O3S. The molecular weight excluding hydrogens is 466 g/mol. The Morgan fingerprint density at radius 1 is 1.10 bits per heavy atom. The topological polar surface area (TPSA) is 83.4 Å². The molecule has 0 fully saturated rings. The summed E-state index contributed by atoms with van der Waals surface area (Å²) < 4.78 is 29.0. The predicted octanol–water partition coefficient (Wildman–Crippen LogP) is 4.47. The number of nitrogens with zero attached hydrogens (tertiary/aromatic N) is 3. The first-order chi connectivity index (χ1) is 14.3. The van der Waals surface area contributed by atoms with Gasteiger partial charge in [0.05, 0.1) is 17.1 Å². The van der Waals surface area contributed by atoms with Crippen molar-refractivity contribution in [2.75, 3.05) is 4.31 Å². The highest BCUT2D eigenvalue weighted by atomic mass is 79.9. The lowest BCUT2D eigenvalue weighted by Gasteiger charge is -2.26. The molecule has 0 saturated heterocycles. The number of aromatic hydroxyl groups is 1. The summed E-state index contributed by atoms with van der Waals surface area (Å²) in [4.78, 5) is 8.49. The molecule has 3 aromatic rings. The fourth-order valence-corrected chi connectivity index (χ4v) is 5.41. The number of halogens is 1. The van der Waals surface area contributed by atoms with Gasteiger partial charge in [0.2, 0.25) is 0 Å². The van der Waals surface area contributed by atoms with Crippen molar-refractivity contribution in [1.82, 2.24) is 9.97 Å². The van der Waals surface area contributed by atoms with E-state index in [-0.39, 0.29) is 22.0 Å². The number of phenolic OH excluding ortho intramolecular Hbond substituents is 1. The van der Waals surface area contributed by atoms with Crippen LogP contribution in [-0.2, 0) is 29.4 Å². The standard InChI is InChI=1S/C22H24BrN3O3S/c1-3-19-8-7-17(9-16(2)23)10-22(19)30(28,29)26(14-18-12-24-15-25-13-18)20-5-4-6-21(27)11-20/h4-8,10-13,15-16,27H,3,9,14H2,1-2H3. The summed E-state index contributed by atoms with van der Waals surface area (Å²) in [5, 5.41) is 9.96. The molecule has 158 valence electrons. The summed E-state index contributed by atoms with van der Waals surface area (Å²) in [5.41, 5.74) is 2.71. The fourth-order valence-electron chi connectivity index (χ4n) is 3.24. The third-order valence-corrected chi connectivity index (χ3v) is 6.84. The van der Waals surface area contributed by atoms with E-state index < -0.39 is 10.0 Å². The lowest BCUT2D eigenvalue weighted by atomic mass is 10.1. The average Bonchev–Trinajstić information content (AvgIpc) is 2.72. The first-order valence-corrected chi connectivity index (χ1v) is 12.0. The van der Waals surface area contributed by atoms with E-state index in [2.05, 4.69) is 25.9 Å². The maximum atomic E-state index is 13.9. The third kappa shape index (κ3) is 5.17. The van der Waals surface area contributed by atoms with Crippen LogP contribution in [0.5, 0.6) is 5.75 Å². The van der Waals surface area contributed by atoms with Crippen LogP contribution >= 0.6 is 15.9 Å². The van der Waals surface area contributed by atoms with E-state index >= 15 is 0 Å². The maximum Gasteiger partial charge on any atom is 0.264 e. The highest BCUT2D eigenvalue weighted by molar-refractivity contribution is 9.09. The molecule has 1 aromatic heterocycles. The van der Waals surface area contributed by atoms with E-state index in [1.54, 1.807) is 30.6 Å². The zero-order valence-electron chi connectivity index (χ0n) is 16.9. The molecule has 1 N–H and O–H groups in total. The smallest absolute Gasteiger partial charge is 0.264 e. The molecule has 0 saturated carbocycles. The van der Waals surface area contributed by atoms with Crippen LogP contribution < -0.4 is 4.31 Å². The molecule has 0 aliphatic carbocycles. The molecule has 6 nitrogen and oxygen atoms in total. The van der Waals surface area contributed by atoms with Crippen molar-refractivity contribution in [3.8, 4) is 5.75 Å². The lowest BCUT2D eigenvalue weighted by molar-refractivity contribution is 0.475. The predicted molar refractivity (Wildman–Crippen MR) is 121 cm³/mol. The number of phenols is 1. The van der Waals surface area contributed by atoms with Gasteiger partial charge in [-0.15, -0.1) is 0 Å². The van der Waals surface area contributed by atoms with Gasteiger partial charge in [0.1, 0.15) is 12.1 Å². The molecule has 0 amide bonds. The van der Waals surface area contributed by atoms with E-state index in [4.69, 9.17) is 0 Å². The summed E-state index contributed by atoms with van der Waals surface area (Å²) in [6, 6.07) is 11.8. The summed E-state index contributed by atoms with van der Waals surface area (Å²) in [6.07, 6.45) is 5.87. The van der Waals surface area contributed by atoms with Crippen LogP contribution in [-0.4, -0.2) is 28.3 Å². The minimum Gasteiger partial charge on any atom is -0.508 e. The molecule has 8 heteroatoms. The van der Waals surface area contributed by atoms with E-state index in [1.807, 2.05) is 26.0 Å². The van der Waals surface area contributed by atoms with Crippen molar-refractivity contribution in [3.63, 3.8) is 0 Å². The summed E-state index contributed by atoms with van der Waals surface area (Å²) in [7, 11) is -3.92. The molecule has 1 unspecified atom stereocenters. The van der Waals surface area contributed by atoms with Crippen molar-refractivity contribution in [2.45, 2.75) is 43.0 Å². The summed E-state index contributed by atoms with van der Waals surface area (Å²) in [6.45, 7) is 4.01. The van der Waals surface area contributed by atoms with Crippen LogP contribution in [0, 0.1) is 0 Å². The minimum absolute atomic E-state index is 0.00501. The van der Waals surface area contributed by atoms with Gasteiger partial charge in [-0.25, -0.2) is 18.4 Å². The molecule has 3 rings (SSSR count). The average molecular weight is 490 g/mol. The van der Waals surface area contributed by atoms with Gasteiger partial charge in [0.25, 0.3) is 10.0 Å². The number of aryl methyl sites for hydroxylation is 1. The van der Waals surface area contributed by atoms with Crippen LogP contribution in [0.4, 0.5) is 5.69 Å². The number of anilines is 1. The second-order valence-electron chi connectivity index (χ2n) is 7.06. The van der Waals surface area contributed by atoms with E-state index in [9.17, 15) is 13.5 Å². The van der Waals surface area contributed by atoms with Gasteiger partial charge in [-0.1, -0.05) is 48.0 Å². The first kappa shape index (κ1) is 22.2. The molecule has 2 aromatic carbocycles. The van der Waals surface area contributed by atoms with Gasteiger partial charge in [-0.05, 0) is 42.2 Å². The molecule has 1 atom stereocenters. The molecule has 0 spiro atoms. The van der Waals surface area contributed by atoms with Crippen molar-refractivity contribution < 1.29 is 13.5 Å². The Balaban J connectivity index is 2.14. The number of rotatable bonds is 8. The van der Waals surface area contributed by atoms with Crippen molar-refractivity contribution in [3.05, 3.63) is 77.9 Å². The highest BCUT2D eigenvalue weighted by Crippen LogP contribution is 2.31. The van der Waals surface area contributed by atoms with Crippen LogP contribution in [0.1, 0.15) is 30.5 Å². The fraction of sp³-hybridized carbons (Fsp3) is 0.273. The number of hydrogen-bond donors (Lipinski definition) is 1. The second kappa shape index (κ2) is 9.57. The Kier molecular flexibility index (Phi) is 7.10. The van der Waals surface area contributed by atoms with Gasteiger partial charge in [0, 0.05) is 28.9 Å². The van der Waals surface area contributed by atoms with E-state index in [0.717, 1.165) is 11.1 Å². The summed E-state index contributed by atoms with van der Waals surface area (Å²) in [5.74, 6) is -0.00501. The Labute approximate surface area is 185 Å². The Hall–Kier alpha value is -2.45. The van der Waals surface area contributed by atoms with E-state index in [1.165, 1.54) is 22.8 Å². The highest BCUT2D eigenvalue weighted by Gasteiger charge is 2.28. The zero-order chi connectivity index (χ0) is 21.7. The van der Waals surface area contributed by atoms with Crippen LogP contribution in [0.25, 0.3) is 0 Å². The number of hydrogen-bond acceptors (Lipinski definition) is 5. The normalized spacial score (nSPS) is 12.5. The summed E-state index contributed by atoms with van der Waals surface area (Å²) >= 11 is 3.54. The molecule has 0 bridgehead atoms. The Morgan fingerprint density at radius 2 is 1.83 bits per heavy atom. The molecule has 0 radical (unpaired) electrons. The van der Waals surface area contributed by atoms with Gasteiger partial charge in [-0.3, -0.25) is 4.31 Å². The van der Waals surface area contributed by atoms with Gasteiger partial charge in [-0.2, -0.15) is 0 Å². The third-order valence-electron chi connectivity index (χ3n) is 4.66. The zero-order valence-corrected chi connectivity index (χ0v) is 19.3. The van der Waals surface area contributed by atoms with Crippen LogP contribution in [0.3, 0.4) is 0 Å². The van der Waals surface area contributed by atoms with Gasteiger partial charge < -0.3 is 5.11 Å². The molecule has 1 heterocycles. The van der Waals surface area contributed by atoms with Crippen molar-refractivity contribution >= 4 is 31.6 Å².